The fourth-order valence-corrected chi connectivity index (χ4v) is 3.96. The van der Waals surface area contributed by atoms with Crippen LogP contribution in [0.2, 0.25) is 5.02 Å². The summed E-state index contributed by atoms with van der Waals surface area (Å²) in [6.45, 7) is 3.26. The Bertz CT molecular complexity index is 996. The van der Waals surface area contributed by atoms with E-state index >= 15 is 0 Å². The van der Waals surface area contributed by atoms with Crippen molar-refractivity contribution in [2.45, 2.75) is 12.8 Å². The van der Waals surface area contributed by atoms with Crippen LogP contribution in [-0.2, 0) is 4.79 Å². The number of carbonyl (C=O) groups is 1. The highest BCUT2D eigenvalue weighted by Crippen LogP contribution is 2.25. The number of piperidine rings is 1. The van der Waals surface area contributed by atoms with E-state index < -0.39 is 0 Å². The lowest BCUT2D eigenvalue weighted by molar-refractivity contribution is -0.123. The van der Waals surface area contributed by atoms with E-state index in [1.54, 1.807) is 0 Å². The lowest BCUT2D eigenvalue weighted by atomic mass is 9.96. The number of hydrogen-bond acceptors (Lipinski definition) is 4. The summed E-state index contributed by atoms with van der Waals surface area (Å²) in [5.74, 6) is 0.692. The van der Waals surface area contributed by atoms with Crippen LogP contribution >= 0.6 is 11.6 Å². The first-order valence-electron chi connectivity index (χ1n) is 10.6. The summed E-state index contributed by atoms with van der Waals surface area (Å²) in [6, 6.07) is 19.8. The summed E-state index contributed by atoms with van der Waals surface area (Å²) < 4.78 is 5.90. The molecule has 2 heterocycles. The highest BCUT2D eigenvalue weighted by Gasteiger charge is 2.22. The standard InChI is InChI=1S/C25H26ClN3O2/c26-22-6-1-18(2-7-22)21-5-10-24(28-17-21)19-3-8-23(9-4-19)31-16-15-29-13-11-20(12-14-29)25(27)30/h1-10,17,20H,11-16H2,(H2,27,30). The first-order valence-corrected chi connectivity index (χ1v) is 10.9. The average molecular weight is 436 g/mol. The lowest BCUT2D eigenvalue weighted by Crippen LogP contribution is -2.40. The number of hydrogen-bond donors (Lipinski definition) is 1. The van der Waals surface area contributed by atoms with Crippen molar-refractivity contribution in [3.63, 3.8) is 0 Å². The lowest BCUT2D eigenvalue weighted by Gasteiger charge is -2.30. The molecule has 1 fully saturated rings. The van der Waals surface area contributed by atoms with Gasteiger partial charge in [0.05, 0.1) is 5.69 Å². The quantitative estimate of drug-likeness (QED) is 0.586. The third kappa shape index (κ3) is 5.63. The molecule has 31 heavy (non-hydrogen) atoms. The van der Waals surface area contributed by atoms with Gasteiger partial charge in [-0.05, 0) is 74.0 Å². The second kappa shape index (κ2) is 9.94. The molecule has 1 aromatic heterocycles. The summed E-state index contributed by atoms with van der Waals surface area (Å²) >= 11 is 5.96. The molecular weight excluding hydrogens is 410 g/mol. The van der Waals surface area contributed by atoms with Gasteiger partial charge in [-0.1, -0.05) is 29.8 Å². The summed E-state index contributed by atoms with van der Waals surface area (Å²) in [4.78, 5) is 18.2. The molecule has 0 atom stereocenters. The Morgan fingerprint density at radius 3 is 2.23 bits per heavy atom. The van der Waals surface area contributed by atoms with Crippen LogP contribution in [0.25, 0.3) is 22.4 Å². The van der Waals surface area contributed by atoms with Gasteiger partial charge < -0.3 is 10.5 Å². The maximum atomic E-state index is 11.3. The largest absolute Gasteiger partial charge is 0.492 e. The van der Waals surface area contributed by atoms with E-state index in [4.69, 9.17) is 22.1 Å². The van der Waals surface area contributed by atoms with E-state index in [2.05, 4.69) is 16.0 Å². The number of carbonyl (C=O) groups excluding carboxylic acids is 1. The maximum absolute atomic E-state index is 11.3. The molecule has 1 saturated heterocycles. The van der Waals surface area contributed by atoms with E-state index in [9.17, 15) is 4.79 Å². The summed E-state index contributed by atoms with van der Waals surface area (Å²) in [7, 11) is 0. The number of nitrogens with zero attached hydrogens (tertiary/aromatic N) is 2. The number of amides is 1. The Balaban J connectivity index is 1.28. The van der Waals surface area contributed by atoms with Crippen molar-refractivity contribution in [3.05, 3.63) is 71.9 Å². The number of rotatable bonds is 7. The second-order valence-electron chi connectivity index (χ2n) is 7.83. The van der Waals surface area contributed by atoms with Crippen LogP contribution in [0.15, 0.2) is 66.9 Å². The van der Waals surface area contributed by atoms with E-state index in [-0.39, 0.29) is 11.8 Å². The highest BCUT2D eigenvalue weighted by molar-refractivity contribution is 6.30. The van der Waals surface area contributed by atoms with Crippen LogP contribution < -0.4 is 10.5 Å². The molecule has 1 aliphatic heterocycles. The molecule has 0 spiro atoms. The summed E-state index contributed by atoms with van der Waals surface area (Å²) in [5.41, 5.74) is 9.50. The van der Waals surface area contributed by atoms with Crippen molar-refractivity contribution in [3.8, 4) is 28.1 Å². The predicted octanol–water partition coefficient (Wildman–Crippen LogP) is 4.65. The van der Waals surface area contributed by atoms with Gasteiger partial charge in [0, 0.05) is 34.8 Å². The van der Waals surface area contributed by atoms with Gasteiger partial charge in [-0.3, -0.25) is 14.7 Å². The number of ether oxygens (including phenoxy) is 1. The zero-order valence-electron chi connectivity index (χ0n) is 17.3. The average Bonchev–Trinajstić information content (AvgIpc) is 2.81. The van der Waals surface area contributed by atoms with Crippen LogP contribution in [0.5, 0.6) is 5.75 Å². The van der Waals surface area contributed by atoms with Gasteiger partial charge in [0.2, 0.25) is 5.91 Å². The van der Waals surface area contributed by atoms with Gasteiger partial charge >= 0.3 is 0 Å². The van der Waals surface area contributed by atoms with Gasteiger partial charge in [0.15, 0.2) is 0 Å². The first-order chi connectivity index (χ1) is 15.1. The third-order valence-electron chi connectivity index (χ3n) is 5.76. The third-order valence-corrected chi connectivity index (χ3v) is 6.01. The fourth-order valence-electron chi connectivity index (χ4n) is 3.83. The molecule has 0 aliphatic carbocycles. The molecule has 0 unspecified atom stereocenters. The van der Waals surface area contributed by atoms with Gasteiger partial charge in [0.25, 0.3) is 0 Å². The maximum Gasteiger partial charge on any atom is 0.220 e. The Kier molecular flexibility index (Phi) is 6.85. The van der Waals surface area contributed by atoms with Crippen molar-refractivity contribution >= 4 is 17.5 Å². The Morgan fingerprint density at radius 2 is 1.61 bits per heavy atom. The van der Waals surface area contributed by atoms with Crippen molar-refractivity contribution in [1.29, 1.82) is 0 Å². The molecule has 5 nitrogen and oxygen atoms in total. The van der Waals surface area contributed by atoms with Crippen molar-refractivity contribution < 1.29 is 9.53 Å². The number of halogens is 1. The van der Waals surface area contributed by atoms with Crippen LogP contribution in [-0.4, -0.2) is 42.0 Å². The van der Waals surface area contributed by atoms with Gasteiger partial charge in [-0.2, -0.15) is 0 Å². The highest BCUT2D eigenvalue weighted by atomic mass is 35.5. The summed E-state index contributed by atoms with van der Waals surface area (Å²) in [6.07, 6.45) is 3.56. The van der Waals surface area contributed by atoms with E-state index in [1.165, 1.54) is 0 Å². The minimum atomic E-state index is -0.176. The van der Waals surface area contributed by atoms with E-state index in [1.807, 2.05) is 60.8 Å². The molecule has 6 heteroatoms. The Labute approximate surface area is 187 Å². The van der Waals surface area contributed by atoms with Gasteiger partial charge in [-0.25, -0.2) is 0 Å². The molecule has 0 saturated carbocycles. The number of benzene rings is 2. The summed E-state index contributed by atoms with van der Waals surface area (Å²) in [5, 5.41) is 0.725. The van der Waals surface area contributed by atoms with E-state index in [0.29, 0.717) is 6.61 Å². The van der Waals surface area contributed by atoms with Crippen molar-refractivity contribution in [2.24, 2.45) is 11.7 Å². The minimum Gasteiger partial charge on any atom is -0.492 e. The SMILES string of the molecule is NC(=O)C1CCN(CCOc2ccc(-c3ccc(-c4ccc(Cl)cc4)cn3)cc2)CC1. The van der Waals surface area contributed by atoms with Crippen molar-refractivity contribution in [2.75, 3.05) is 26.2 Å². The first kappa shape index (κ1) is 21.3. The molecule has 3 aromatic rings. The zero-order chi connectivity index (χ0) is 21.6. The molecular formula is C25H26ClN3O2. The molecule has 1 amide bonds. The normalized spacial score (nSPS) is 15.0. The fraction of sp³-hybridized carbons (Fsp3) is 0.280. The van der Waals surface area contributed by atoms with Crippen LogP contribution in [0.1, 0.15) is 12.8 Å². The number of primary amides is 1. The number of pyridine rings is 1. The number of likely N-dealkylation sites (tertiary alicyclic amines) is 1. The van der Waals surface area contributed by atoms with Crippen LogP contribution in [0.3, 0.4) is 0 Å². The molecule has 2 aromatic carbocycles. The number of nitrogens with two attached hydrogens (primary N) is 1. The van der Waals surface area contributed by atoms with Crippen molar-refractivity contribution in [1.82, 2.24) is 9.88 Å². The molecule has 0 bridgehead atoms. The van der Waals surface area contributed by atoms with Crippen LogP contribution in [0, 0.1) is 5.92 Å². The Hall–Kier alpha value is -2.89. The topological polar surface area (TPSA) is 68.5 Å². The monoisotopic (exact) mass is 435 g/mol. The molecule has 0 radical (unpaired) electrons. The van der Waals surface area contributed by atoms with Gasteiger partial charge in [0.1, 0.15) is 12.4 Å². The number of aromatic nitrogens is 1. The molecule has 1 aliphatic rings. The van der Waals surface area contributed by atoms with Gasteiger partial charge in [-0.15, -0.1) is 0 Å². The Morgan fingerprint density at radius 1 is 0.968 bits per heavy atom. The molecule has 2 N–H and O–H groups in total. The zero-order valence-corrected chi connectivity index (χ0v) is 18.1. The smallest absolute Gasteiger partial charge is 0.220 e. The minimum absolute atomic E-state index is 0.0265. The molecule has 4 rings (SSSR count). The molecule has 160 valence electrons. The van der Waals surface area contributed by atoms with Crippen LogP contribution in [0.4, 0.5) is 0 Å². The second-order valence-corrected chi connectivity index (χ2v) is 8.27. The van der Waals surface area contributed by atoms with E-state index in [0.717, 1.165) is 65.6 Å². The predicted molar refractivity (Wildman–Crippen MR) is 124 cm³/mol.